The predicted molar refractivity (Wildman–Crippen MR) is 73.2 cm³/mol. The van der Waals surface area contributed by atoms with Gasteiger partial charge >= 0.3 is 0 Å². The van der Waals surface area contributed by atoms with Crippen LogP contribution in [0.4, 0.5) is 0 Å². The summed E-state index contributed by atoms with van der Waals surface area (Å²) in [6.45, 7) is 20.4. The first-order valence-electron chi connectivity index (χ1n) is 5.68. The third-order valence-corrected chi connectivity index (χ3v) is 0.924. The third kappa shape index (κ3) is 24.6. The van der Waals surface area contributed by atoms with Gasteiger partial charge in [0.2, 0.25) is 0 Å². The van der Waals surface area contributed by atoms with E-state index in [-0.39, 0.29) is 5.78 Å². The number of allylic oxidation sites excluding steroid dienone is 4. The van der Waals surface area contributed by atoms with E-state index in [2.05, 4.69) is 13.2 Å². The van der Waals surface area contributed by atoms with Crippen LogP contribution in [0.2, 0.25) is 0 Å². The molecule has 90 valence electrons. The predicted octanol–water partition coefficient (Wildman–Crippen LogP) is 4.95. The van der Waals surface area contributed by atoms with Gasteiger partial charge in [-0.05, 0) is 6.92 Å². The summed E-state index contributed by atoms with van der Waals surface area (Å²) >= 11 is 0. The van der Waals surface area contributed by atoms with Gasteiger partial charge < -0.3 is 0 Å². The lowest BCUT2D eigenvalue weighted by atomic mass is 10.2. The van der Waals surface area contributed by atoms with Gasteiger partial charge in [-0.15, -0.1) is 0 Å². The molecule has 0 bridgehead atoms. The number of rotatable bonds is 3. The minimum atomic E-state index is 0.0184. The number of carbonyl (C=O) groups excluding carboxylic acids is 1. The van der Waals surface area contributed by atoms with E-state index in [9.17, 15) is 4.79 Å². The number of hydrogen-bond donors (Lipinski definition) is 0. The molecule has 1 nitrogen and oxygen atoms in total. The van der Waals surface area contributed by atoms with E-state index in [1.165, 1.54) is 13.0 Å². The molecule has 0 unspecified atom stereocenters. The Hall–Kier alpha value is -1.11. The molecule has 0 aromatic heterocycles. The van der Waals surface area contributed by atoms with E-state index in [1.807, 2.05) is 41.5 Å². The molecule has 0 aromatic rings. The van der Waals surface area contributed by atoms with Gasteiger partial charge in [0.1, 0.15) is 0 Å². The lowest BCUT2D eigenvalue weighted by Crippen LogP contribution is -1.90. The normalized spacial score (nSPS) is 7.53. The molecular formula is C14H28O. The second-order valence-corrected chi connectivity index (χ2v) is 1.62. The maximum absolute atomic E-state index is 10.6. The van der Waals surface area contributed by atoms with E-state index in [4.69, 9.17) is 0 Å². The number of ketones is 1. The van der Waals surface area contributed by atoms with Crippen molar-refractivity contribution in [2.75, 3.05) is 0 Å². The van der Waals surface area contributed by atoms with Gasteiger partial charge in [-0.3, -0.25) is 4.79 Å². The Balaban J connectivity index is -0.0000000860. The highest BCUT2D eigenvalue weighted by atomic mass is 16.1. The molecule has 0 N–H and O–H groups in total. The highest BCUT2D eigenvalue weighted by Crippen LogP contribution is 1.95. The van der Waals surface area contributed by atoms with Crippen molar-refractivity contribution in [3.05, 3.63) is 37.0 Å². The molecule has 15 heavy (non-hydrogen) atoms. The molecule has 1 heteroatoms. The Bertz CT molecular complexity index is 164. The fourth-order valence-electron chi connectivity index (χ4n) is 0.456. The number of hydrogen-bond acceptors (Lipinski definition) is 1. The maximum atomic E-state index is 10.6. The van der Waals surface area contributed by atoms with Crippen LogP contribution in [0.5, 0.6) is 0 Å². The van der Waals surface area contributed by atoms with Crippen molar-refractivity contribution >= 4 is 5.78 Å². The lowest BCUT2D eigenvalue weighted by Gasteiger charge is -1.88. The van der Waals surface area contributed by atoms with Crippen LogP contribution in [0.15, 0.2) is 37.0 Å². The van der Waals surface area contributed by atoms with Gasteiger partial charge in [0.25, 0.3) is 0 Å². The molecule has 0 aromatic carbocycles. The molecule has 0 rings (SSSR count). The van der Waals surface area contributed by atoms with Gasteiger partial charge in [-0.2, -0.15) is 0 Å². The summed E-state index contributed by atoms with van der Waals surface area (Å²) in [5, 5.41) is 0. The standard InChI is InChI=1S/C8H10O.3C2H6/c1-4-6-8(5-2)7(3)9;3*1-2/h4-6H,1-2H2,3H3;3*1-2H3/b8-6+;;;. The first-order chi connectivity index (χ1) is 7.22. The minimum Gasteiger partial charge on any atom is -0.295 e. The average molecular weight is 212 g/mol. The highest BCUT2D eigenvalue weighted by molar-refractivity contribution is 5.96. The molecular weight excluding hydrogens is 184 g/mol. The molecule has 0 spiro atoms. The zero-order valence-corrected chi connectivity index (χ0v) is 11.6. The molecule has 0 heterocycles. The lowest BCUT2D eigenvalue weighted by molar-refractivity contribution is -0.113. The van der Waals surface area contributed by atoms with E-state index in [0.717, 1.165) is 0 Å². The van der Waals surface area contributed by atoms with Crippen molar-refractivity contribution in [3.63, 3.8) is 0 Å². The number of Topliss-reactive ketones (excluding diaryl/α,β-unsaturated/α-hetero) is 1. The van der Waals surface area contributed by atoms with Crippen molar-refractivity contribution < 1.29 is 4.79 Å². The van der Waals surface area contributed by atoms with Crippen molar-refractivity contribution in [1.29, 1.82) is 0 Å². The van der Waals surface area contributed by atoms with Crippen LogP contribution < -0.4 is 0 Å². The SMILES string of the molecule is C=C/C=C(\C=C)C(C)=O.CC.CC.CC. The van der Waals surface area contributed by atoms with Crippen LogP contribution in [0.3, 0.4) is 0 Å². The van der Waals surface area contributed by atoms with E-state index in [1.54, 1.807) is 12.2 Å². The monoisotopic (exact) mass is 212 g/mol. The van der Waals surface area contributed by atoms with Gasteiger partial charge in [-0.1, -0.05) is 72.9 Å². The van der Waals surface area contributed by atoms with Crippen LogP contribution in [0, 0.1) is 0 Å². The molecule has 0 aliphatic carbocycles. The summed E-state index contributed by atoms with van der Waals surface area (Å²) < 4.78 is 0. The summed E-state index contributed by atoms with van der Waals surface area (Å²) in [5.74, 6) is 0.0184. The average Bonchev–Trinajstić information content (AvgIpc) is 2.33. The van der Waals surface area contributed by atoms with Crippen LogP contribution in [0.25, 0.3) is 0 Å². The van der Waals surface area contributed by atoms with Crippen molar-refractivity contribution in [3.8, 4) is 0 Å². The summed E-state index contributed by atoms with van der Waals surface area (Å²) in [4.78, 5) is 10.6. The summed E-state index contributed by atoms with van der Waals surface area (Å²) in [6.07, 6.45) is 4.72. The molecule has 0 aliphatic rings. The van der Waals surface area contributed by atoms with Crippen LogP contribution >= 0.6 is 0 Å². The first kappa shape index (κ1) is 23.6. The molecule has 0 radical (unpaired) electrons. The maximum Gasteiger partial charge on any atom is 0.159 e. The fourth-order valence-corrected chi connectivity index (χ4v) is 0.456. The van der Waals surface area contributed by atoms with Crippen LogP contribution in [-0.4, -0.2) is 5.78 Å². The summed E-state index contributed by atoms with van der Waals surface area (Å²) in [5.41, 5.74) is 0.602. The van der Waals surface area contributed by atoms with Crippen molar-refractivity contribution in [1.82, 2.24) is 0 Å². The van der Waals surface area contributed by atoms with Crippen LogP contribution in [-0.2, 0) is 4.79 Å². The quantitative estimate of drug-likeness (QED) is 0.477. The third-order valence-electron chi connectivity index (χ3n) is 0.924. The van der Waals surface area contributed by atoms with Gasteiger partial charge in [0.05, 0.1) is 0 Å². The second kappa shape index (κ2) is 29.3. The van der Waals surface area contributed by atoms with E-state index < -0.39 is 0 Å². The molecule has 0 aliphatic heterocycles. The van der Waals surface area contributed by atoms with Gasteiger partial charge in [0, 0.05) is 5.57 Å². The highest BCUT2D eigenvalue weighted by Gasteiger charge is 1.93. The fraction of sp³-hybridized carbons (Fsp3) is 0.500. The first-order valence-corrected chi connectivity index (χ1v) is 5.68. The number of carbonyl (C=O) groups is 1. The molecule has 0 fully saturated rings. The van der Waals surface area contributed by atoms with E-state index in [0.29, 0.717) is 5.57 Å². The minimum absolute atomic E-state index is 0.0184. The van der Waals surface area contributed by atoms with Crippen molar-refractivity contribution in [2.24, 2.45) is 0 Å². The topological polar surface area (TPSA) is 17.1 Å². The zero-order chi connectivity index (χ0) is 13.3. The Morgan fingerprint density at radius 3 is 1.33 bits per heavy atom. The summed E-state index contributed by atoms with van der Waals surface area (Å²) in [6, 6.07) is 0. The second-order valence-electron chi connectivity index (χ2n) is 1.62. The van der Waals surface area contributed by atoms with Crippen LogP contribution in [0.1, 0.15) is 48.5 Å². The van der Waals surface area contributed by atoms with Crippen molar-refractivity contribution in [2.45, 2.75) is 48.5 Å². The molecule has 0 atom stereocenters. The Morgan fingerprint density at radius 2 is 1.27 bits per heavy atom. The molecule has 0 saturated heterocycles. The van der Waals surface area contributed by atoms with E-state index >= 15 is 0 Å². The Kier molecular flexibility index (Phi) is 46.0. The summed E-state index contributed by atoms with van der Waals surface area (Å²) in [7, 11) is 0. The smallest absolute Gasteiger partial charge is 0.159 e. The largest absolute Gasteiger partial charge is 0.295 e. The van der Waals surface area contributed by atoms with Gasteiger partial charge in [-0.25, -0.2) is 0 Å². The van der Waals surface area contributed by atoms with Gasteiger partial charge in [0.15, 0.2) is 5.78 Å². The Labute approximate surface area is 96.6 Å². The molecule has 0 amide bonds. The Morgan fingerprint density at radius 1 is 0.933 bits per heavy atom. The zero-order valence-electron chi connectivity index (χ0n) is 11.6. The molecule has 0 saturated carbocycles.